The van der Waals surface area contributed by atoms with E-state index in [2.05, 4.69) is 11.4 Å². The summed E-state index contributed by atoms with van der Waals surface area (Å²) >= 11 is 7.77. The molecule has 0 radical (unpaired) electrons. The molecule has 1 N–H and O–H groups in total. The minimum absolute atomic E-state index is 0.282. The zero-order valence-corrected chi connectivity index (χ0v) is 13.1. The van der Waals surface area contributed by atoms with Crippen molar-refractivity contribution in [3.63, 3.8) is 0 Å². The summed E-state index contributed by atoms with van der Waals surface area (Å²) in [6.45, 7) is 0.802. The first-order valence-corrected chi connectivity index (χ1v) is 9.77. The van der Waals surface area contributed by atoms with E-state index in [1.54, 1.807) is 11.3 Å². The standard InChI is InChI=1S/C13H18ClNO2S2/c14-13-6-10-11(2-1-3-12(10)18-13)15-7-9-4-5-19(16,17)8-9/h6,9,11,15H,1-5,7-8H2. The van der Waals surface area contributed by atoms with Gasteiger partial charge in [-0.2, -0.15) is 0 Å². The van der Waals surface area contributed by atoms with Crippen LogP contribution in [0.25, 0.3) is 0 Å². The molecule has 1 aromatic heterocycles. The summed E-state index contributed by atoms with van der Waals surface area (Å²) in [6.07, 6.45) is 4.24. The molecule has 1 fully saturated rings. The average molecular weight is 320 g/mol. The Labute approximate surface area is 123 Å². The Morgan fingerprint density at radius 2 is 2.26 bits per heavy atom. The maximum absolute atomic E-state index is 11.5. The molecule has 2 unspecified atom stereocenters. The van der Waals surface area contributed by atoms with Crippen molar-refractivity contribution < 1.29 is 8.42 Å². The molecule has 0 aromatic carbocycles. The van der Waals surface area contributed by atoms with Gasteiger partial charge >= 0.3 is 0 Å². The van der Waals surface area contributed by atoms with Crippen LogP contribution >= 0.6 is 22.9 Å². The van der Waals surface area contributed by atoms with Crippen molar-refractivity contribution in [3.8, 4) is 0 Å². The van der Waals surface area contributed by atoms with Crippen molar-refractivity contribution in [2.75, 3.05) is 18.1 Å². The lowest BCUT2D eigenvalue weighted by atomic mass is 9.93. The number of halogens is 1. The summed E-state index contributed by atoms with van der Waals surface area (Å²) in [7, 11) is -2.76. The Bertz CT molecular complexity index is 567. The van der Waals surface area contributed by atoms with E-state index in [9.17, 15) is 8.42 Å². The monoisotopic (exact) mass is 319 g/mol. The first kappa shape index (κ1) is 13.9. The van der Waals surface area contributed by atoms with E-state index in [4.69, 9.17) is 11.6 Å². The summed E-state index contributed by atoms with van der Waals surface area (Å²) in [6, 6.07) is 2.43. The quantitative estimate of drug-likeness (QED) is 0.932. The van der Waals surface area contributed by atoms with Crippen molar-refractivity contribution in [1.29, 1.82) is 0 Å². The predicted octanol–water partition coefficient (Wildman–Crippen LogP) is 2.80. The van der Waals surface area contributed by atoms with Crippen LogP contribution in [-0.2, 0) is 16.3 Å². The summed E-state index contributed by atoms with van der Waals surface area (Å²) in [4.78, 5) is 1.40. The molecular formula is C13H18ClNO2S2. The highest BCUT2D eigenvalue weighted by molar-refractivity contribution is 7.91. The molecule has 6 heteroatoms. The molecule has 106 valence electrons. The molecule has 1 aliphatic carbocycles. The number of sulfone groups is 1. The number of fused-ring (bicyclic) bond motifs is 1. The van der Waals surface area contributed by atoms with Gasteiger partial charge in [0.25, 0.3) is 0 Å². The van der Waals surface area contributed by atoms with E-state index >= 15 is 0 Å². The van der Waals surface area contributed by atoms with Crippen molar-refractivity contribution >= 4 is 32.8 Å². The zero-order chi connectivity index (χ0) is 13.5. The molecule has 0 spiro atoms. The van der Waals surface area contributed by atoms with Gasteiger partial charge in [0.1, 0.15) is 0 Å². The lowest BCUT2D eigenvalue weighted by Gasteiger charge is -2.25. The molecule has 2 atom stereocenters. The fourth-order valence-corrected chi connectivity index (χ4v) is 6.32. The van der Waals surface area contributed by atoms with Gasteiger partial charge < -0.3 is 5.32 Å². The van der Waals surface area contributed by atoms with Gasteiger partial charge in [-0.05, 0) is 49.8 Å². The Balaban J connectivity index is 1.62. The predicted molar refractivity (Wildman–Crippen MR) is 79.8 cm³/mol. The second kappa shape index (κ2) is 5.35. The van der Waals surface area contributed by atoms with Gasteiger partial charge in [0.15, 0.2) is 9.84 Å². The summed E-state index contributed by atoms with van der Waals surface area (Å²) in [5.41, 5.74) is 1.34. The Hall–Kier alpha value is -0.100. The van der Waals surface area contributed by atoms with Gasteiger partial charge in [-0.15, -0.1) is 11.3 Å². The number of hydrogen-bond acceptors (Lipinski definition) is 4. The van der Waals surface area contributed by atoms with Gasteiger partial charge in [0, 0.05) is 10.9 Å². The van der Waals surface area contributed by atoms with Gasteiger partial charge in [-0.1, -0.05) is 11.6 Å². The number of thiophene rings is 1. The molecule has 0 amide bonds. The topological polar surface area (TPSA) is 46.2 Å². The Kier molecular flexibility index (Phi) is 3.91. The minimum Gasteiger partial charge on any atom is -0.310 e. The molecule has 1 aliphatic heterocycles. The van der Waals surface area contributed by atoms with E-state index in [1.165, 1.54) is 16.9 Å². The van der Waals surface area contributed by atoms with Crippen LogP contribution in [0.4, 0.5) is 0 Å². The highest BCUT2D eigenvalue weighted by Gasteiger charge is 2.29. The summed E-state index contributed by atoms with van der Waals surface area (Å²) < 4.78 is 23.8. The minimum atomic E-state index is -2.76. The van der Waals surface area contributed by atoms with Crippen LogP contribution in [0.1, 0.15) is 35.7 Å². The van der Waals surface area contributed by atoms with E-state index in [0.29, 0.717) is 17.5 Å². The van der Waals surface area contributed by atoms with Gasteiger partial charge in [-0.3, -0.25) is 0 Å². The fourth-order valence-electron chi connectivity index (χ4n) is 3.08. The molecular weight excluding hydrogens is 302 g/mol. The van der Waals surface area contributed by atoms with Crippen molar-refractivity contribution in [2.45, 2.75) is 31.7 Å². The highest BCUT2D eigenvalue weighted by atomic mass is 35.5. The van der Waals surface area contributed by atoms with E-state index in [-0.39, 0.29) is 5.92 Å². The average Bonchev–Trinajstić information content (AvgIpc) is 2.88. The summed E-state index contributed by atoms with van der Waals surface area (Å²) in [5.74, 6) is 0.994. The van der Waals surface area contributed by atoms with Crippen LogP contribution in [0.15, 0.2) is 6.07 Å². The first-order valence-electron chi connectivity index (χ1n) is 6.75. The number of hydrogen-bond donors (Lipinski definition) is 1. The molecule has 1 aromatic rings. The Morgan fingerprint density at radius 1 is 1.42 bits per heavy atom. The van der Waals surface area contributed by atoms with Crippen LogP contribution in [0.3, 0.4) is 0 Å². The lowest BCUT2D eigenvalue weighted by molar-refractivity contribution is 0.419. The molecule has 0 bridgehead atoms. The van der Waals surface area contributed by atoms with E-state index < -0.39 is 9.84 Å². The molecule has 3 rings (SSSR count). The van der Waals surface area contributed by atoms with E-state index in [0.717, 1.165) is 30.1 Å². The molecule has 1 saturated heterocycles. The molecule has 0 saturated carbocycles. The maximum Gasteiger partial charge on any atom is 0.150 e. The number of rotatable bonds is 3. The van der Waals surface area contributed by atoms with Crippen LogP contribution in [-0.4, -0.2) is 26.5 Å². The van der Waals surface area contributed by atoms with Crippen molar-refractivity contribution in [3.05, 3.63) is 20.8 Å². The summed E-state index contributed by atoms with van der Waals surface area (Å²) in [5, 5.41) is 3.55. The molecule has 3 nitrogen and oxygen atoms in total. The zero-order valence-electron chi connectivity index (χ0n) is 10.7. The highest BCUT2D eigenvalue weighted by Crippen LogP contribution is 2.37. The smallest absolute Gasteiger partial charge is 0.150 e. The third-order valence-electron chi connectivity index (χ3n) is 4.06. The molecule has 2 heterocycles. The third kappa shape index (κ3) is 3.15. The van der Waals surface area contributed by atoms with Crippen molar-refractivity contribution in [2.24, 2.45) is 5.92 Å². The van der Waals surface area contributed by atoms with Crippen molar-refractivity contribution in [1.82, 2.24) is 5.32 Å². The van der Waals surface area contributed by atoms with Crippen LogP contribution in [0.2, 0.25) is 4.34 Å². The molecule has 19 heavy (non-hydrogen) atoms. The third-order valence-corrected chi connectivity index (χ3v) is 7.24. The largest absolute Gasteiger partial charge is 0.310 e. The Morgan fingerprint density at radius 3 is 3.00 bits per heavy atom. The normalized spacial score (nSPS) is 29.3. The first-order chi connectivity index (χ1) is 9.03. The number of aryl methyl sites for hydroxylation is 1. The number of nitrogens with one attached hydrogen (secondary N) is 1. The van der Waals surface area contributed by atoms with Gasteiger partial charge in [0.2, 0.25) is 0 Å². The van der Waals surface area contributed by atoms with Crippen LogP contribution in [0.5, 0.6) is 0 Å². The molecule has 2 aliphatic rings. The SMILES string of the molecule is O=S1(=O)CCC(CNC2CCCc3sc(Cl)cc32)C1. The second-order valence-electron chi connectivity index (χ2n) is 5.55. The second-order valence-corrected chi connectivity index (χ2v) is 9.55. The van der Waals surface area contributed by atoms with E-state index in [1.807, 2.05) is 0 Å². The maximum atomic E-state index is 11.5. The fraction of sp³-hybridized carbons (Fsp3) is 0.692. The van der Waals surface area contributed by atoms with Crippen LogP contribution < -0.4 is 5.32 Å². The van der Waals surface area contributed by atoms with Crippen LogP contribution in [0, 0.1) is 5.92 Å². The lowest BCUT2D eigenvalue weighted by Crippen LogP contribution is -2.29. The van der Waals surface area contributed by atoms with Gasteiger partial charge in [-0.25, -0.2) is 8.42 Å². The van der Waals surface area contributed by atoms with Gasteiger partial charge in [0.05, 0.1) is 15.8 Å².